The van der Waals surface area contributed by atoms with Crippen LogP contribution >= 0.6 is 0 Å². The van der Waals surface area contributed by atoms with Gasteiger partial charge >= 0.3 is 0 Å². The van der Waals surface area contributed by atoms with Gasteiger partial charge in [-0.2, -0.15) is 0 Å². The van der Waals surface area contributed by atoms with Crippen LogP contribution in [0.3, 0.4) is 0 Å². The Bertz CT molecular complexity index is 420. The van der Waals surface area contributed by atoms with Crippen LogP contribution in [0.1, 0.15) is 31.4 Å². The monoisotopic (exact) mass is 202 g/mol. The summed E-state index contributed by atoms with van der Waals surface area (Å²) in [6.45, 7) is 6.45. The maximum atomic E-state index is 7.83. The molecule has 1 unspecified atom stereocenters. The maximum absolute atomic E-state index is 7.83. The quantitative estimate of drug-likeness (QED) is 0.562. The summed E-state index contributed by atoms with van der Waals surface area (Å²) < 4.78 is 0. The minimum atomic E-state index is -0.210. The zero-order chi connectivity index (χ0) is 11.3. The summed E-state index contributed by atoms with van der Waals surface area (Å²) in [4.78, 5) is 0. The number of hydrogen-bond acceptors (Lipinski definition) is 1. The summed E-state index contributed by atoms with van der Waals surface area (Å²) in [5.41, 5.74) is 8.17. The van der Waals surface area contributed by atoms with Gasteiger partial charge in [0.05, 0.1) is 5.41 Å². The minimum Gasteiger partial charge on any atom is -0.387 e. The Kier molecular flexibility index (Phi) is 1.94. The normalized spacial score (nSPS) is 27.4. The Morgan fingerprint density at radius 2 is 1.87 bits per heavy atom. The van der Waals surface area contributed by atoms with Gasteiger partial charge in [-0.3, -0.25) is 5.41 Å². The van der Waals surface area contributed by atoms with Gasteiger partial charge in [0, 0.05) is 0 Å². The van der Waals surface area contributed by atoms with E-state index in [1.54, 1.807) is 0 Å². The standard InChI is InChI=1S/C13H18N2/c1-9-6-4-5-7-10(9)13(11(14)15)8-12(13,2)3/h4-7H,8H2,1-3H3,(H3,14,15). The van der Waals surface area contributed by atoms with Crippen molar-refractivity contribution in [3.05, 3.63) is 35.4 Å². The smallest absolute Gasteiger partial charge is 0.102 e. The molecule has 0 spiro atoms. The van der Waals surface area contributed by atoms with Crippen LogP contribution in [-0.4, -0.2) is 5.84 Å². The molecule has 0 saturated heterocycles. The van der Waals surface area contributed by atoms with Crippen molar-refractivity contribution in [1.29, 1.82) is 5.41 Å². The highest BCUT2D eigenvalue weighted by atomic mass is 14.8. The Hall–Kier alpha value is -1.31. The molecule has 1 atom stereocenters. The molecule has 0 aliphatic heterocycles. The number of aryl methyl sites for hydroxylation is 1. The summed E-state index contributed by atoms with van der Waals surface area (Å²) in [5, 5.41) is 7.83. The summed E-state index contributed by atoms with van der Waals surface area (Å²) in [6.07, 6.45) is 0.986. The van der Waals surface area contributed by atoms with Gasteiger partial charge in [0.2, 0.25) is 0 Å². The van der Waals surface area contributed by atoms with E-state index in [1.165, 1.54) is 11.1 Å². The molecule has 0 radical (unpaired) electrons. The highest BCUT2D eigenvalue weighted by Gasteiger charge is 2.64. The number of benzene rings is 1. The van der Waals surface area contributed by atoms with Gasteiger partial charge in [0.15, 0.2) is 0 Å². The van der Waals surface area contributed by atoms with Crippen LogP contribution < -0.4 is 5.73 Å². The summed E-state index contributed by atoms with van der Waals surface area (Å²) in [6, 6.07) is 8.25. The first-order chi connectivity index (χ1) is 6.92. The van der Waals surface area contributed by atoms with E-state index in [0.717, 1.165) is 6.42 Å². The molecule has 3 N–H and O–H groups in total. The molecular weight excluding hydrogens is 184 g/mol. The van der Waals surface area contributed by atoms with E-state index in [2.05, 4.69) is 32.9 Å². The molecule has 80 valence electrons. The second-order valence-electron chi connectivity index (χ2n) is 5.19. The number of rotatable bonds is 2. The Labute approximate surface area is 91.0 Å². The van der Waals surface area contributed by atoms with E-state index in [9.17, 15) is 0 Å². The maximum Gasteiger partial charge on any atom is 0.102 e. The molecule has 0 aromatic heterocycles. The Morgan fingerprint density at radius 3 is 2.27 bits per heavy atom. The van der Waals surface area contributed by atoms with Crippen LogP contribution in [0.25, 0.3) is 0 Å². The number of amidine groups is 1. The third-order valence-electron chi connectivity index (χ3n) is 3.80. The van der Waals surface area contributed by atoms with Gasteiger partial charge < -0.3 is 5.73 Å². The van der Waals surface area contributed by atoms with Crippen molar-refractivity contribution in [1.82, 2.24) is 0 Å². The second kappa shape index (κ2) is 2.84. The largest absolute Gasteiger partial charge is 0.387 e. The molecule has 1 aromatic carbocycles. The van der Waals surface area contributed by atoms with Gasteiger partial charge in [-0.25, -0.2) is 0 Å². The van der Waals surface area contributed by atoms with Crippen molar-refractivity contribution in [2.24, 2.45) is 11.1 Å². The molecule has 0 amide bonds. The highest BCUT2D eigenvalue weighted by Crippen LogP contribution is 2.64. The zero-order valence-corrected chi connectivity index (χ0v) is 9.59. The lowest BCUT2D eigenvalue weighted by molar-refractivity contribution is 0.576. The van der Waals surface area contributed by atoms with E-state index in [4.69, 9.17) is 11.1 Å². The minimum absolute atomic E-state index is 0.130. The molecule has 2 nitrogen and oxygen atoms in total. The summed E-state index contributed by atoms with van der Waals surface area (Å²) >= 11 is 0. The first-order valence-electron chi connectivity index (χ1n) is 5.32. The van der Waals surface area contributed by atoms with Gasteiger partial charge in [0.25, 0.3) is 0 Å². The van der Waals surface area contributed by atoms with E-state index >= 15 is 0 Å². The number of nitrogens with one attached hydrogen (secondary N) is 1. The van der Waals surface area contributed by atoms with Gasteiger partial charge in [0.1, 0.15) is 5.84 Å². The zero-order valence-electron chi connectivity index (χ0n) is 9.59. The second-order valence-corrected chi connectivity index (χ2v) is 5.19. The molecule has 2 heteroatoms. The van der Waals surface area contributed by atoms with E-state index in [0.29, 0.717) is 5.84 Å². The summed E-state index contributed by atoms with van der Waals surface area (Å²) in [7, 11) is 0. The molecule has 1 aliphatic carbocycles. The Balaban J connectivity index is 2.55. The van der Waals surface area contributed by atoms with E-state index < -0.39 is 0 Å². The number of hydrogen-bond donors (Lipinski definition) is 2. The molecule has 2 rings (SSSR count). The molecular formula is C13H18N2. The third kappa shape index (κ3) is 1.21. The summed E-state index contributed by atoms with van der Waals surface area (Å²) in [5.74, 6) is 0.307. The van der Waals surface area contributed by atoms with Gasteiger partial charge in [-0.15, -0.1) is 0 Å². The molecule has 15 heavy (non-hydrogen) atoms. The first kappa shape index (κ1) is 10.2. The van der Waals surface area contributed by atoms with Crippen LogP contribution in [-0.2, 0) is 5.41 Å². The molecule has 0 heterocycles. The predicted octanol–water partition coefficient (Wildman–Crippen LogP) is 2.60. The predicted molar refractivity (Wildman–Crippen MR) is 63.2 cm³/mol. The molecule has 1 fully saturated rings. The van der Waals surface area contributed by atoms with Crippen LogP contribution in [0.15, 0.2) is 24.3 Å². The van der Waals surface area contributed by atoms with Crippen LogP contribution in [0, 0.1) is 17.7 Å². The fraction of sp³-hybridized carbons (Fsp3) is 0.462. The molecule has 1 saturated carbocycles. The van der Waals surface area contributed by atoms with Crippen LogP contribution in [0.5, 0.6) is 0 Å². The molecule has 1 aromatic rings. The van der Waals surface area contributed by atoms with Crippen LogP contribution in [0.4, 0.5) is 0 Å². The highest BCUT2D eigenvalue weighted by molar-refractivity contribution is 5.94. The lowest BCUT2D eigenvalue weighted by Gasteiger charge is -2.21. The third-order valence-corrected chi connectivity index (χ3v) is 3.80. The Morgan fingerprint density at radius 1 is 1.33 bits per heavy atom. The lowest BCUT2D eigenvalue weighted by atomic mass is 9.84. The fourth-order valence-corrected chi connectivity index (χ4v) is 2.74. The van der Waals surface area contributed by atoms with E-state index in [-0.39, 0.29) is 10.8 Å². The van der Waals surface area contributed by atoms with Crippen molar-refractivity contribution >= 4 is 5.84 Å². The molecule has 0 bridgehead atoms. The topological polar surface area (TPSA) is 49.9 Å². The SMILES string of the molecule is Cc1ccccc1C1(C(=N)N)CC1(C)C. The van der Waals surface area contributed by atoms with Crippen molar-refractivity contribution in [2.75, 3.05) is 0 Å². The average molecular weight is 202 g/mol. The lowest BCUT2D eigenvalue weighted by Crippen LogP contribution is -2.32. The van der Waals surface area contributed by atoms with E-state index in [1.807, 2.05) is 12.1 Å². The van der Waals surface area contributed by atoms with Gasteiger partial charge in [-0.05, 0) is 29.9 Å². The van der Waals surface area contributed by atoms with Gasteiger partial charge in [-0.1, -0.05) is 38.1 Å². The fourth-order valence-electron chi connectivity index (χ4n) is 2.74. The van der Waals surface area contributed by atoms with Crippen molar-refractivity contribution in [3.8, 4) is 0 Å². The van der Waals surface area contributed by atoms with Crippen molar-refractivity contribution in [3.63, 3.8) is 0 Å². The van der Waals surface area contributed by atoms with Crippen molar-refractivity contribution < 1.29 is 0 Å². The molecule has 1 aliphatic rings. The van der Waals surface area contributed by atoms with Crippen molar-refractivity contribution in [2.45, 2.75) is 32.6 Å². The van der Waals surface area contributed by atoms with Crippen LogP contribution in [0.2, 0.25) is 0 Å². The number of nitrogens with two attached hydrogens (primary N) is 1. The average Bonchev–Trinajstić information content (AvgIpc) is 2.71. The first-order valence-corrected chi connectivity index (χ1v) is 5.32.